The van der Waals surface area contributed by atoms with Crippen LogP contribution in [-0.4, -0.2) is 11.6 Å². The first-order valence-corrected chi connectivity index (χ1v) is 12.3. The summed E-state index contributed by atoms with van der Waals surface area (Å²) in [5.41, 5.74) is 4.32. The second-order valence-electron chi connectivity index (χ2n) is 7.84. The van der Waals surface area contributed by atoms with Crippen molar-refractivity contribution in [3.8, 4) is 27.4 Å². The molecule has 3 aromatic carbocycles. The normalized spacial score (nSPS) is 10.8. The molecular formula is C28H30N2OS. The third-order valence-corrected chi connectivity index (χ3v) is 6.35. The van der Waals surface area contributed by atoms with Crippen LogP contribution >= 0.6 is 11.3 Å². The van der Waals surface area contributed by atoms with E-state index in [2.05, 4.69) is 72.9 Å². The van der Waals surface area contributed by atoms with E-state index >= 15 is 0 Å². The highest BCUT2D eigenvalue weighted by atomic mass is 32.1. The van der Waals surface area contributed by atoms with Gasteiger partial charge in [0.2, 0.25) is 0 Å². The first-order chi connectivity index (χ1) is 15.8. The predicted molar refractivity (Wildman–Crippen MR) is 137 cm³/mol. The van der Waals surface area contributed by atoms with Crippen molar-refractivity contribution in [2.75, 3.05) is 11.9 Å². The molecule has 4 aromatic rings. The van der Waals surface area contributed by atoms with Crippen LogP contribution in [0.3, 0.4) is 0 Å². The van der Waals surface area contributed by atoms with Crippen molar-refractivity contribution >= 4 is 22.2 Å². The molecule has 0 aliphatic rings. The van der Waals surface area contributed by atoms with Crippen LogP contribution in [0.4, 0.5) is 10.8 Å². The number of aromatic nitrogens is 1. The van der Waals surface area contributed by atoms with Crippen LogP contribution in [0.25, 0.3) is 21.7 Å². The van der Waals surface area contributed by atoms with Crippen LogP contribution in [0.1, 0.15) is 39.0 Å². The Kier molecular flexibility index (Phi) is 7.94. The van der Waals surface area contributed by atoms with Gasteiger partial charge in [-0.25, -0.2) is 4.98 Å². The molecule has 4 rings (SSSR count). The molecule has 1 aromatic heterocycles. The van der Waals surface area contributed by atoms with E-state index in [1.165, 1.54) is 36.1 Å². The highest BCUT2D eigenvalue weighted by molar-refractivity contribution is 7.19. The third-order valence-electron chi connectivity index (χ3n) is 5.33. The molecule has 4 heteroatoms. The lowest BCUT2D eigenvalue weighted by molar-refractivity contribution is 0.304. The number of hydrogen-bond donors (Lipinski definition) is 1. The third kappa shape index (κ3) is 5.98. The van der Waals surface area contributed by atoms with Gasteiger partial charge in [-0.05, 0) is 36.2 Å². The Hall–Kier alpha value is -3.11. The van der Waals surface area contributed by atoms with Crippen molar-refractivity contribution in [1.82, 2.24) is 4.98 Å². The largest absolute Gasteiger partial charge is 0.494 e. The van der Waals surface area contributed by atoms with Crippen molar-refractivity contribution in [2.45, 2.75) is 39.0 Å². The van der Waals surface area contributed by atoms with Gasteiger partial charge in [0.15, 0.2) is 5.13 Å². The number of nitrogens with zero attached hydrogens (tertiary/aromatic N) is 1. The van der Waals surface area contributed by atoms with E-state index in [9.17, 15) is 0 Å². The van der Waals surface area contributed by atoms with Gasteiger partial charge in [-0.3, -0.25) is 0 Å². The summed E-state index contributed by atoms with van der Waals surface area (Å²) in [6, 6.07) is 29.0. The summed E-state index contributed by atoms with van der Waals surface area (Å²) in [7, 11) is 0. The zero-order valence-corrected chi connectivity index (χ0v) is 19.4. The summed E-state index contributed by atoms with van der Waals surface area (Å²) in [5.74, 6) is 0.917. The van der Waals surface area contributed by atoms with E-state index < -0.39 is 0 Å². The fourth-order valence-electron chi connectivity index (χ4n) is 3.60. The molecule has 1 N–H and O–H groups in total. The maximum Gasteiger partial charge on any atom is 0.188 e. The van der Waals surface area contributed by atoms with Gasteiger partial charge < -0.3 is 10.1 Å². The molecule has 0 saturated heterocycles. The van der Waals surface area contributed by atoms with Gasteiger partial charge in [0.1, 0.15) is 5.75 Å². The smallest absolute Gasteiger partial charge is 0.188 e. The Morgan fingerprint density at radius 2 is 1.41 bits per heavy atom. The zero-order chi connectivity index (χ0) is 22.0. The summed E-state index contributed by atoms with van der Waals surface area (Å²) in [5, 5.41) is 4.36. The van der Waals surface area contributed by atoms with Crippen LogP contribution < -0.4 is 10.1 Å². The summed E-state index contributed by atoms with van der Waals surface area (Å²) < 4.78 is 5.89. The minimum Gasteiger partial charge on any atom is -0.494 e. The van der Waals surface area contributed by atoms with E-state index in [1.54, 1.807) is 11.3 Å². The summed E-state index contributed by atoms with van der Waals surface area (Å²) >= 11 is 1.68. The Morgan fingerprint density at radius 1 is 0.750 bits per heavy atom. The lowest BCUT2D eigenvalue weighted by Crippen LogP contribution is -1.97. The van der Waals surface area contributed by atoms with Crippen molar-refractivity contribution in [1.29, 1.82) is 0 Å². The fourth-order valence-corrected chi connectivity index (χ4v) is 4.62. The van der Waals surface area contributed by atoms with E-state index in [0.717, 1.165) is 40.9 Å². The van der Waals surface area contributed by atoms with Gasteiger partial charge in [-0.1, -0.05) is 105 Å². The van der Waals surface area contributed by atoms with Crippen molar-refractivity contribution in [2.24, 2.45) is 0 Å². The molecule has 3 nitrogen and oxygen atoms in total. The van der Waals surface area contributed by atoms with E-state index in [4.69, 9.17) is 9.72 Å². The number of ether oxygens (including phenoxy) is 1. The molecular weight excluding hydrogens is 412 g/mol. The molecule has 0 radical (unpaired) electrons. The summed E-state index contributed by atoms with van der Waals surface area (Å²) in [6.45, 7) is 3.02. The lowest BCUT2D eigenvalue weighted by Gasteiger charge is -2.07. The van der Waals surface area contributed by atoms with Crippen LogP contribution in [0.2, 0.25) is 0 Å². The minimum atomic E-state index is 0.782. The number of hydrogen-bond acceptors (Lipinski definition) is 4. The van der Waals surface area contributed by atoms with Gasteiger partial charge in [-0.15, -0.1) is 0 Å². The van der Waals surface area contributed by atoms with E-state index in [0.29, 0.717) is 0 Å². The Morgan fingerprint density at radius 3 is 2.09 bits per heavy atom. The van der Waals surface area contributed by atoms with Crippen molar-refractivity contribution < 1.29 is 4.74 Å². The van der Waals surface area contributed by atoms with Gasteiger partial charge in [0, 0.05) is 11.3 Å². The molecule has 0 spiro atoms. The SMILES string of the molecule is CCCCCCCOc1ccc(Nc2nc(-c3ccccc3)c(-c3ccccc3)s2)cc1. The molecule has 0 unspecified atom stereocenters. The molecule has 1 heterocycles. The van der Waals surface area contributed by atoms with Gasteiger partial charge in [0.05, 0.1) is 17.2 Å². The molecule has 0 bridgehead atoms. The number of unbranched alkanes of at least 4 members (excludes halogenated alkanes) is 4. The number of benzene rings is 3. The minimum absolute atomic E-state index is 0.782. The number of nitrogens with one attached hydrogen (secondary N) is 1. The average Bonchev–Trinajstić information content (AvgIpc) is 3.27. The molecule has 164 valence electrons. The highest BCUT2D eigenvalue weighted by Gasteiger charge is 2.15. The molecule has 0 saturated carbocycles. The summed E-state index contributed by atoms with van der Waals surface area (Å²) in [4.78, 5) is 6.10. The second kappa shape index (κ2) is 11.5. The zero-order valence-electron chi connectivity index (χ0n) is 18.6. The van der Waals surface area contributed by atoms with Crippen LogP contribution in [-0.2, 0) is 0 Å². The van der Waals surface area contributed by atoms with Crippen molar-refractivity contribution in [3.05, 3.63) is 84.9 Å². The predicted octanol–water partition coefficient (Wildman–Crippen LogP) is 8.57. The summed E-state index contributed by atoms with van der Waals surface area (Å²) in [6.07, 6.45) is 6.24. The maximum atomic E-state index is 5.89. The standard InChI is InChI=1S/C28H30N2OS/c1-2-3-4-5-12-21-31-25-19-17-24(18-20-25)29-28-30-26(22-13-8-6-9-14-22)27(32-28)23-15-10-7-11-16-23/h6-11,13-20H,2-5,12,21H2,1H3,(H,29,30). The first kappa shape index (κ1) is 22.1. The lowest BCUT2D eigenvalue weighted by atomic mass is 10.1. The van der Waals surface area contributed by atoms with Gasteiger partial charge in [0.25, 0.3) is 0 Å². The molecule has 0 amide bonds. The molecule has 0 aliphatic carbocycles. The molecule has 0 fully saturated rings. The molecule has 0 atom stereocenters. The number of thiazole rings is 1. The second-order valence-corrected chi connectivity index (χ2v) is 8.84. The monoisotopic (exact) mass is 442 g/mol. The average molecular weight is 443 g/mol. The Balaban J connectivity index is 1.45. The van der Waals surface area contributed by atoms with Crippen molar-refractivity contribution in [3.63, 3.8) is 0 Å². The first-order valence-electron chi connectivity index (χ1n) is 11.4. The Labute approximate surface area is 195 Å². The van der Waals surface area contributed by atoms with Crippen LogP contribution in [0.5, 0.6) is 5.75 Å². The highest BCUT2D eigenvalue weighted by Crippen LogP contribution is 2.39. The maximum absolute atomic E-state index is 5.89. The quantitative estimate of drug-likeness (QED) is 0.236. The number of anilines is 2. The van der Waals surface area contributed by atoms with Gasteiger partial charge >= 0.3 is 0 Å². The van der Waals surface area contributed by atoms with Crippen LogP contribution in [0, 0.1) is 0 Å². The Bertz CT molecular complexity index is 1020. The van der Waals surface area contributed by atoms with Gasteiger partial charge in [-0.2, -0.15) is 0 Å². The number of rotatable bonds is 11. The fraction of sp³-hybridized carbons (Fsp3) is 0.250. The van der Waals surface area contributed by atoms with Crippen LogP contribution in [0.15, 0.2) is 84.9 Å². The van der Waals surface area contributed by atoms with E-state index in [1.807, 2.05) is 24.3 Å². The molecule has 32 heavy (non-hydrogen) atoms. The molecule has 0 aliphatic heterocycles. The topological polar surface area (TPSA) is 34.1 Å². The van der Waals surface area contributed by atoms with E-state index in [-0.39, 0.29) is 0 Å².